The van der Waals surface area contributed by atoms with Crippen LogP contribution in [0.3, 0.4) is 0 Å². The third kappa shape index (κ3) is 3.65. The summed E-state index contributed by atoms with van der Waals surface area (Å²) in [6, 6.07) is 15.6. The number of nitrogens with zero attached hydrogens (tertiary/aromatic N) is 2. The van der Waals surface area contributed by atoms with Crippen molar-refractivity contribution in [1.29, 1.82) is 0 Å². The number of para-hydroxylation sites is 1. The summed E-state index contributed by atoms with van der Waals surface area (Å²) in [4.78, 5) is 64.6. The van der Waals surface area contributed by atoms with E-state index in [1.807, 2.05) is 31.2 Å². The van der Waals surface area contributed by atoms with Gasteiger partial charge in [0.2, 0.25) is 5.78 Å². The normalized spacial score (nSPS) is 16.0. The molecule has 3 aromatic rings. The van der Waals surface area contributed by atoms with Gasteiger partial charge in [0.25, 0.3) is 11.6 Å². The summed E-state index contributed by atoms with van der Waals surface area (Å²) in [5.74, 6) is -2.87. The van der Waals surface area contributed by atoms with Crippen LogP contribution in [0.1, 0.15) is 61.1 Å². The highest BCUT2D eigenvalue weighted by atomic mass is 16.6. The molecule has 0 saturated carbocycles. The lowest BCUT2D eigenvalue weighted by Crippen LogP contribution is -2.44. The smallest absolute Gasteiger partial charge is 0.345 e. The van der Waals surface area contributed by atoms with Crippen LogP contribution in [0.2, 0.25) is 0 Å². The highest BCUT2D eigenvalue weighted by Crippen LogP contribution is 2.36. The maximum Gasteiger partial charge on any atom is 0.345 e. The van der Waals surface area contributed by atoms with E-state index in [1.165, 1.54) is 18.2 Å². The van der Waals surface area contributed by atoms with E-state index in [-0.39, 0.29) is 22.7 Å². The number of carbonyl (C=O) groups is 4. The van der Waals surface area contributed by atoms with Gasteiger partial charge in [-0.1, -0.05) is 42.5 Å². The van der Waals surface area contributed by atoms with Crippen molar-refractivity contribution in [3.05, 3.63) is 104 Å². The number of benzene rings is 3. The largest absolute Gasteiger partial charge is 0.452 e. The van der Waals surface area contributed by atoms with Crippen LogP contribution in [0, 0.1) is 10.1 Å². The van der Waals surface area contributed by atoms with Gasteiger partial charge >= 0.3 is 5.97 Å². The second-order valence-corrected chi connectivity index (χ2v) is 8.70. The summed E-state index contributed by atoms with van der Waals surface area (Å²) in [6.07, 6.45) is 1.56. The first-order chi connectivity index (χ1) is 17.3. The van der Waals surface area contributed by atoms with E-state index in [4.69, 9.17) is 4.74 Å². The monoisotopic (exact) mass is 484 g/mol. The number of rotatable bonds is 4. The molecule has 9 nitrogen and oxygen atoms in total. The molecule has 0 radical (unpaired) electrons. The molecule has 1 aliphatic heterocycles. The minimum Gasteiger partial charge on any atom is -0.452 e. The molecule has 1 heterocycles. The van der Waals surface area contributed by atoms with Crippen LogP contribution in [0.5, 0.6) is 0 Å². The number of aryl methyl sites for hydroxylation is 1. The lowest BCUT2D eigenvalue weighted by Gasteiger charge is -2.35. The van der Waals surface area contributed by atoms with E-state index in [2.05, 4.69) is 0 Å². The fourth-order valence-corrected chi connectivity index (χ4v) is 4.87. The molecule has 0 bridgehead atoms. The number of hydrogen-bond acceptors (Lipinski definition) is 7. The van der Waals surface area contributed by atoms with Crippen molar-refractivity contribution in [2.75, 3.05) is 11.5 Å². The standard InChI is InChI=1S/C27H20N2O7/c1-15-10-11-16-6-2-5-9-21(16)28(15)22(30)14-36-27(33)20-13-12-19-23(24(20)29(34)35)26(32)18-8-4-3-7-17(18)25(19)31/h2-9,12-13,15H,10-11,14H2,1H3. The Morgan fingerprint density at radius 2 is 1.64 bits per heavy atom. The van der Waals surface area contributed by atoms with E-state index in [1.54, 1.807) is 17.0 Å². The van der Waals surface area contributed by atoms with Crippen LogP contribution in [-0.4, -0.2) is 41.0 Å². The van der Waals surface area contributed by atoms with E-state index in [9.17, 15) is 29.3 Å². The SMILES string of the molecule is CC1CCc2ccccc2N1C(=O)COC(=O)c1ccc2c(c1[N+](=O)[O-])C(=O)c1ccccc1C2=O. The molecule has 2 aliphatic rings. The predicted molar refractivity (Wildman–Crippen MR) is 128 cm³/mol. The Balaban J connectivity index is 1.44. The number of carbonyl (C=O) groups excluding carboxylic acids is 4. The summed E-state index contributed by atoms with van der Waals surface area (Å²) in [7, 11) is 0. The molecular weight excluding hydrogens is 464 g/mol. The van der Waals surface area contributed by atoms with Gasteiger partial charge in [0.1, 0.15) is 11.1 Å². The molecule has 0 spiro atoms. The number of nitro groups is 1. The van der Waals surface area contributed by atoms with Crippen molar-refractivity contribution in [3.8, 4) is 0 Å². The Labute approximate surface area is 205 Å². The van der Waals surface area contributed by atoms with Crippen LogP contribution in [0.4, 0.5) is 11.4 Å². The first-order valence-corrected chi connectivity index (χ1v) is 11.4. The molecule has 1 unspecified atom stereocenters. The Morgan fingerprint density at radius 3 is 2.36 bits per heavy atom. The van der Waals surface area contributed by atoms with Gasteiger partial charge in [0.05, 0.1) is 4.92 Å². The number of amides is 1. The Bertz CT molecular complexity index is 1480. The fraction of sp³-hybridized carbons (Fsp3) is 0.185. The predicted octanol–water partition coefficient (Wildman–Crippen LogP) is 3.89. The fourth-order valence-electron chi connectivity index (χ4n) is 4.87. The molecule has 0 aromatic heterocycles. The van der Waals surface area contributed by atoms with Crippen LogP contribution < -0.4 is 4.90 Å². The van der Waals surface area contributed by atoms with Crippen molar-refractivity contribution >= 4 is 34.8 Å². The number of ketones is 2. The minimum atomic E-state index is -1.13. The van der Waals surface area contributed by atoms with Crippen molar-refractivity contribution in [2.24, 2.45) is 0 Å². The zero-order valence-electron chi connectivity index (χ0n) is 19.2. The van der Waals surface area contributed by atoms with Gasteiger partial charge in [-0.05, 0) is 43.5 Å². The van der Waals surface area contributed by atoms with Crippen molar-refractivity contribution in [3.63, 3.8) is 0 Å². The van der Waals surface area contributed by atoms with Crippen molar-refractivity contribution in [2.45, 2.75) is 25.8 Å². The minimum absolute atomic E-state index is 0.0246. The van der Waals surface area contributed by atoms with Gasteiger partial charge in [-0.2, -0.15) is 0 Å². The van der Waals surface area contributed by atoms with E-state index in [0.717, 1.165) is 30.2 Å². The van der Waals surface area contributed by atoms with E-state index >= 15 is 0 Å². The average molecular weight is 484 g/mol. The van der Waals surface area contributed by atoms with Crippen LogP contribution >= 0.6 is 0 Å². The van der Waals surface area contributed by atoms with Crippen LogP contribution in [0.25, 0.3) is 0 Å². The third-order valence-corrected chi connectivity index (χ3v) is 6.59. The molecule has 3 aromatic carbocycles. The summed E-state index contributed by atoms with van der Waals surface area (Å²) >= 11 is 0. The molecule has 9 heteroatoms. The van der Waals surface area contributed by atoms with Gasteiger partial charge in [-0.15, -0.1) is 0 Å². The third-order valence-electron chi connectivity index (χ3n) is 6.59. The average Bonchev–Trinajstić information content (AvgIpc) is 2.89. The quantitative estimate of drug-likeness (QED) is 0.244. The molecule has 0 fully saturated rings. The lowest BCUT2D eigenvalue weighted by molar-refractivity contribution is -0.385. The van der Waals surface area contributed by atoms with Crippen LogP contribution in [-0.2, 0) is 16.0 Å². The zero-order valence-corrected chi connectivity index (χ0v) is 19.2. The highest BCUT2D eigenvalue weighted by molar-refractivity contribution is 6.30. The Kier molecular flexibility index (Phi) is 5.68. The summed E-state index contributed by atoms with van der Waals surface area (Å²) in [5, 5.41) is 12.0. The molecule has 1 amide bonds. The molecule has 36 heavy (non-hydrogen) atoms. The first kappa shape index (κ1) is 23.1. The lowest BCUT2D eigenvalue weighted by atomic mass is 9.82. The molecule has 0 saturated heterocycles. The molecule has 5 rings (SSSR count). The Morgan fingerprint density at radius 1 is 0.972 bits per heavy atom. The van der Waals surface area contributed by atoms with E-state index in [0.29, 0.717) is 0 Å². The molecule has 180 valence electrons. The van der Waals surface area contributed by atoms with Gasteiger partial charge in [-0.25, -0.2) is 4.79 Å². The maximum absolute atomic E-state index is 13.1. The second kappa shape index (κ2) is 8.84. The van der Waals surface area contributed by atoms with Crippen molar-refractivity contribution in [1.82, 2.24) is 0 Å². The number of hydrogen-bond donors (Lipinski definition) is 0. The van der Waals surface area contributed by atoms with Crippen molar-refractivity contribution < 1.29 is 28.8 Å². The number of nitro benzene ring substituents is 1. The highest BCUT2D eigenvalue weighted by Gasteiger charge is 2.39. The molecular formula is C27H20N2O7. The zero-order chi connectivity index (χ0) is 25.6. The van der Waals surface area contributed by atoms with Gasteiger partial charge in [-0.3, -0.25) is 24.5 Å². The molecule has 1 atom stereocenters. The molecule has 0 N–H and O–H groups in total. The number of esters is 1. The van der Waals surface area contributed by atoms with Gasteiger partial charge in [0.15, 0.2) is 12.4 Å². The maximum atomic E-state index is 13.1. The summed E-state index contributed by atoms with van der Waals surface area (Å²) in [5.41, 5.74) is -0.0184. The van der Waals surface area contributed by atoms with Gasteiger partial charge in [0, 0.05) is 28.4 Å². The van der Waals surface area contributed by atoms with Gasteiger partial charge < -0.3 is 9.64 Å². The van der Waals surface area contributed by atoms with Crippen LogP contribution in [0.15, 0.2) is 60.7 Å². The summed E-state index contributed by atoms with van der Waals surface area (Å²) in [6.45, 7) is 1.26. The number of fused-ring (bicyclic) bond motifs is 3. The van der Waals surface area contributed by atoms with E-state index < -0.39 is 51.8 Å². The first-order valence-electron chi connectivity index (χ1n) is 11.4. The summed E-state index contributed by atoms with van der Waals surface area (Å²) < 4.78 is 5.19. The second-order valence-electron chi connectivity index (χ2n) is 8.70. The molecule has 1 aliphatic carbocycles. The topological polar surface area (TPSA) is 124 Å². The number of ether oxygens (including phenoxy) is 1. The Hall–Kier alpha value is -4.66. The number of anilines is 1.